The van der Waals surface area contributed by atoms with E-state index in [1.54, 1.807) is 24.3 Å². The van der Waals surface area contributed by atoms with Crippen molar-refractivity contribution in [2.75, 3.05) is 36.4 Å². The van der Waals surface area contributed by atoms with Gasteiger partial charge in [0.25, 0.3) is 5.91 Å². The molecule has 6 nitrogen and oxygen atoms in total. The highest BCUT2D eigenvalue weighted by Crippen LogP contribution is 2.20. The molecular weight excluding hydrogens is 396 g/mol. The summed E-state index contributed by atoms with van der Waals surface area (Å²) >= 11 is 10.9. The smallest absolute Gasteiger partial charge is 0.253 e. The molecule has 1 aliphatic heterocycles. The van der Waals surface area contributed by atoms with Gasteiger partial charge in [-0.2, -0.15) is 0 Å². The van der Waals surface area contributed by atoms with Gasteiger partial charge in [0.05, 0.1) is 0 Å². The van der Waals surface area contributed by atoms with Gasteiger partial charge in [-0.15, -0.1) is 0 Å². The molecule has 0 aliphatic carbocycles. The van der Waals surface area contributed by atoms with E-state index in [1.807, 2.05) is 29.2 Å². The average molecular weight is 417 g/mol. The molecular formula is C20H21ClN4O2S. The predicted octanol–water partition coefficient (Wildman–Crippen LogP) is 3.14. The second-order valence-electron chi connectivity index (χ2n) is 6.47. The zero-order chi connectivity index (χ0) is 20.1. The molecule has 2 aromatic carbocycles. The number of halogens is 1. The van der Waals surface area contributed by atoms with E-state index in [1.165, 1.54) is 6.92 Å². The Morgan fingerprint density at radius 3 is 2.14 bits per heavy atom. The van der Waals surface area contributed by atoms with Crippen LogP contribution in [-0.4, -0.2) is 48.0 Å². The van der Waals surface area contributed by atoms with Gasteiger partial charge < -0.3 is 20.4 Å². The molecule has 0 unspecified atom stereocenters. The second kappa shape index (κ2) is 9.03. The number of carbonyl (C=O) groups excluding carboxylic acids is 2. The normalized spacial score (nSPS) is 13.8. The fourth-order valence-electron chi connectivity index (χ4n) is 3.02. The van der Waals surface area contributed by atoms with Crippen LogP contribution in [0.15, 0.2) is 48.5 Å². The third-order valence-electron chi connectivity index (χ3n) is 4.44. The van der Waals surface area contributed by atoms with Crippen molar-refractivity contribution < 1.29 is 9.59 Å². The van der Waals surface area contributed by atoms with E-state index in [2.05, 4.69) is 15.5 Å². The molecule has 2 aromatic rings. The van der Waals surface area contributed by atoms with E-state index in [0.29, 0.717) is 23.7 Å². The molecule has 8 heteroatoms. The van der Waals surface area contributed by atoms with E-state index in [9.17, 15) is 9.59 Å². The van der Waals surface area contributed by atoms with Crippen LogP contribution in [0.4, 0.5) is 11.4 Å². The number of nitrogens with zero attached hydrogens (tertiary/aromatic N) is 2. The summed E-state index contributed by atoms with van der Waals surface area (Å²) in [7, 11) is 0. The standard InChI is InChI=1S/C20H21ClN4O2S/c1-14(26)22-20(28)23-17-6-8-18(9-7-17)24-10-12-25(13-11-24)19(27)15-2-4-16(21)5-3-15/h2-9H,10-13H2,1H3,(H2,22,23,26,28). The van der Waals surface area contributed by atoms with Crippen molar-refractivity contribution in [3.63, 3.8) is 0 Å². The van der Waals surface area contributed by atoms with Gasteiger partial charge in [-0.25, -0.2) is 0 Å². The summed E-state index contributed by atoms with van der Waals surface area (Å²) in [5.41, 5.74) is 2.54. The summed E-state index contributed by atoms with van der Waals surface area (Å²) < 4.78 is 0. The fourth-order valence-corrected chi connectivity index (χ4v) is 3.41. The average Bonchev–Trinajstić information content (AvgIpc) is 2.68. The van der Waals surface area contributed by atoms with Gasteiger partial charge in [0.2, 0.25) is 5.91 Å². The first-order valence-electron chi connectivity index (χ1n) is 8.91. The summed E-state index contributed by atoms with van der Waals surface area (Å²) in [5.74, 6) is -0.178. The Kier molecular flexibility index (Phi) is 6.49. The Labute approximate surface area is 174 Å². The van der Waals surface area contributed by atoms with Crippen LogP contribution in [0.5, 0.6) is 0 Å². The van der Waals surface area contributed by atoms with Gasteiger partial charge in [0, 0.05) is 55.1 Å². The highest BCUT2D eigenvalue weighted by Gasteiger charge is 2.22. The molecule has 1 heterocycles. The molecule has 0 bridgehead atoms. The van der Waals surface area contributed by atoms with Gasteiger partial charge in [-0.05, 0) is 60.7 Å². The molecule has 3 rings (SSSR count). The molecule has 0 atom stereocenters. The molecule has 1 aliphatic rings. The van der Waals surface area contributed by atoms with Crippen molar-refractivity contribution in [1.29, 1.82) is 0 Å². The number of hydrogen-bond donors (Lipinski definition) is 2. The topological polar surface area (TPSA) is 64.7 Å². The minimum Gasteiger partial charge on any atom is -0.368 e. The number of thiocarbonyl (C=S) groups is 1. The first kappa shape index (κ1) is 20.1. The maximum atomic E-state index is 12.6. The van der Waals surface area contributed by atoms with E-state index >= 15 is 0 Å². The summed E-state index contributed by atoms with van der Waals surface area (Å²) in [4.78, 5) is 27.7. The van der Waals surface area contributed by atoms with Gasteiger partial charge in [-0.1, -0.05) is 11.6 Å². The third-order valence-corrected chi connectivity index (χ3v) is 4.89. The Morgan fingerprint density at radius 1 is 0.964 bits per heavy atom. The van der Waals surface area contributed by atoms with E-state index in [0.717, 1.165) is 24.5 Å². The van der Waals surface area contributed by atoms with E-state index in [4.69, 9.17) is 23.8 Å². The first-order chi connectivity index (χ1) is 13.4. The van der Waals surface area contributed by atoms with E-state index < -0.39 is 0 Å². The summed E-state index contributed by atoms with van der Waals surface area (Å²) in [6.07, 6.45) is 0. The number of carbonyl (C=O) groups is 2. The highest BCUT2D eigenvalue weighted by molar-refractivity contribution is 7.80. The number of anilines is 2. The molecule has 0 radical (unpaired) electrons. The number of hydrogen-bond acceptors (Lipinski definition) is 4. The molecule has 2 N–H and O–H groups in total. The van der Waals surface area contributed by atoms with Crippen molar-refractivity contribution in [2.45, 2.75) is 6.92 Å². The lowest BCUT2D eigenvalue weighted by Gasteiger charge is -2.36. The van der Waals surface area contributed by atoms with Crippen LogP contribution >= 0.6 is 23.8 Å². The van der Waals surface area contributed by atoms with Gasteiger partial charge in [0.1, 0.15) is 0 Å². The predicted molar refractivity (Wildman–Crippen MR) is 116 cm³/mol. The Balaban J connectivity index is 1.54. The van der Waals surface area contributed by atoms with Gasteiger partial charge >= 0.3 is 0 Å². The SMILES string of the molecule is CC(=O)NC(=S)Nc1ccc(N2CCN(C(=O)c3ccc(Cl)cc3)CC2)cc1. The van der Waals surface area contributed by atoms with Crippen molar-refractivity contribution in [2.24, 2.45) is 0 Å². The fraction of sp³-hybridized carbons (Fsp3) is 0.250. The number of nitrogens with one attached hydrogen (secondary N) is 2. The second-order valence-corrected chi connectivity index (χ2v) is 7.31. The molecule has 2 amide bonds. The Morgan fingerprint density at radius 2 is 1.57 bits per heavy atom. The lowest BCUT2D eigenvalue weighted by Crippen LogP contribution is -2.48. The Hall–Kier alpha value is -2.64. The number of piperazine rings is 1. The number of amides is 2. The summed E-state index contributed by atoms with van der Waals surface area (Å²) in [5, 5.41) is 6.39. The van der Waals surface area contributed by atoms with Crippen LogP contribution in [0.1, 0.15) is 17.3 Å². The van der Waals surface area contributed by atoms with Crippen LogP contribution in [-0.2, 0) is 4.79 Å². The molecule has 0 saturated carbocycles. The number of benzene rings is 2. The maximum Gasteiger partial charge on any atom is 0.253 e. The quantitative estimate of drug-likeness (QED) is 0.752. The van der Waals surface area contributed by atoms with Crippen molar-refractivity contribution in [1.82, 2.24) is 10.2 Å². The zero-order valence-corrected chi connectivity index (χ0v) is 17.0. The van der Waals surface area contributed by atoms with Crippen LogP contribution in [0.2, 0.25) is 5.02 Å². The van der Waals surface area contributed by atoms with Gasteiger partial charge in [0.15, 0.2) is 5.11 Å². The summed E-state index contributed by atoms with van der Waals surface area (Å²) in [6, 6.07) is 14.8. The lowest BCUT2D eigenvalue weighted by molar-refractivity contribution is -0.117. The molecule has 1 saturated heterocycles. The molecule has 146 valence electrons. The zero-order valence-electron chi connectivity index (χ0n) is 15.4. The van der Waals surface area contributed by atoms with Crippen LogP contribution in [0.25, 0.3) is 0 Å². The van der Waals surface area contributed by atoms with Crippen molar-refractivity contribution >= 4 is 52.1 Å². The van der Waals surface area contributed by atoms with E-state index in [-0.39, 0.29) is 16.9 Å². The Bertz CT molecular complexity index is 863. The largest absolute Gasteiger partial charge is 0.368 e. The molecule has 1 fully saturated rings. The minimum atomic E-state index is -0.208. The molecule has 28 heavy (non-hydrogen) atoms. The van der Waals surface area contributed by atoms with Crippen LogP contribution < -0.4 is 15.5 Å². The van der Waals surface area contributed by atoms with Gasteiger partial charge in [-0.3, -0.25) is 9.59 Å². The third kappa shape index (κ3) is 5.21. The summed E-state index contributed by atoms with van der Waals surface area (Å²) in [6.45, 7) is 4.25. The lowest BCUT2D eigenvalue weighted by atomic mass is 10.1. The first-order valence-corrected chi connectivity index (χ1v) is 9.69. The van der Waals surface area contributed by atoms with Crippen LogP contribution in [0, 0.1) is 0 Å². The van der Waals surface area contributed by atoms with Crippen molar-refractivity contribution in [3.05, 3.63) is 59.1 Å². The van der Waals surface area contributed by atoms with Crippen LogP contribution in [0.3, 0.4) is 0 Å². The minimum absolute atomic E-state index is 0.0300. The molecule has 0 spiro atoms. The monoisotopic (exact) mass is 416 g/mol. The highest BCUT2D eigenvalue weighted by atomic mass is 35.5. The number of rotatable bonds is 3. The molecule has 0 aromatic heterocycles. The maximum absolute atomic E-state index is 12.6. The van der Waals surface area contributed by atoms with Crippen molar-refractivity contribution in [3.8, 4) is 0 Å².